The van der Waals surface area contributed by atoms with E-state index in [0.717, 1.165) is 3.57 Å². The third-order valence-electron chi connectivity index (χ3n) is 1.27. The van der Waals surface area contributed by atoms with E-state index in [2.05, 4.69) is 27.3 Å². The Bertz CT molecular complexity index is 253. The van der Waals surface area contributed by atoms with E-state index in [1.54, 1.807) is 12.1 Å². The fourth-order valence-electron chi connectivity index (χ4n) is 0.704. The highest BCUT2D eigenvalue weighted by Crippen LogP contribution is 2.07. The van der Waals surface area contributed by atoms with Gasteiger partial charge in [-0.05, 0) is 46.9 Å². The molecule has 0 aliphatic rings. The van der Waals surface area contributed by atoms with Crippen molar-refractivity contribution in [1.29, 1.82) is 0 Å². The number of carbonyl (C=O) groups excluding carboxylic acids is 1. The molecule has 0 aliphatic heterocycles. The molecule has 0 radical (unpaired) electrons. The molecule has 0 bridgehead atoms. The molecule has 58 valence electrons. The molecular weight excluding hydrogens is 251 g/mol. The molecule has 0 aromatic heterocycles. The van der Waals surface area contributed by atoms with Crippen LogP contribution < -0.4 is 0 Å². The van der Waals surface area contributed by atoms with Crippen molar-refractivity contribution in [1.82, 2.24) is 0 Å². The number of esters is 1. The van der Waals surface area contributed by atoms with Gasteiger partial charge in [-0.15, -0.1) is 0 Å². The molecule has 0 aliphatic carbocycles. The van der Waals surface area contributed by atoms with Gasteiger partial charge in [-0.1, -0.05) is 0 Å². The summed E-state index contributed by atoms with van der Waals surface area (Å²) in [5.74, 6) is -0.290. The Morgan fingerprint density at radius 1 is 1.36 bits per heavy atom. The Morgan fingerprint density at radius 3 is 2.36 bits per heavy atom. The van der Waals surface area contributed by atoms with Crippen molar-refractivity contribution in [3.8, 4) is 0 Å². The topological polar surface area (TPSA) is 26.3 Å². The average Bonchev–Trinajstić information content (AvgIpc) is 2.05. The normalized spacial score (nSPS) is 9.27. The highest BCUT2D eigenvalue weighted by molar-refractivity contribution is 14.1. The number of ether oxygens (including phenoxy) is 1. The average molecular weight is 258 g/mol. The summed E-state index contributed by atoms with van der Waals surface area (Å²) in [5, 5.41) is 0. The Balaban J connectivity index is 2.90. The van der Waals surface area contributed by atoms with E-state index in [4.69, 9.17) is 0 Å². The molecule has 0 saturated heterocycles. The van der Waals surface area contributed by atoms with Crippen molar-refractivity contribution >= 4 is 28.6 Å². The molecule has 2 nitrogen and oxygen atoms in total. The summed E-state index contributed by atoms with van der Waals surface area (Å²) in [6, 6.07) is 7.22. The van der Waals surface area contributed by atoms with Crippen molar-refractivity contribution in [2.24, 2.45) is 0 Å². The van der Waals surface area contributed by atoms with Crippen molar-refractivity contribution < 1.29 is 9.53 Å². The second-order valence-corrected chi connectivity index (χ2v) is 3.24. The number of carbonyl (C=O) groups is 1. The maximum atomic E-state index is 10.9. The molecule has 1 rings (SSSR count). The van der Waals surface area contributed by atoms with Crippen LogP contribution >= 0.6 is 22.6 Å². The van der Waals surface area contributed by atoms with E-state index in [1.807, 2.05) is 12.1 Å². The van der Waals surface area contributed by atoms with Gasteiger partial charge in [0.05, 0.1) is 12.7 Å². The van der Waals surface area contributed by atoms with Crippen LogP contribution in [0.2, 0.25) is 0 Å². The van der Waals surface area contributed by atoms with Crippen LogP contribution in [0.3, 0.4) is 0 Å². The molecule has 0 spiro atoms. The number of rotatable bonds is 1. The van der Waals surface area contributed by atoms with Gasteiger partial charge in [-0.25, -0.2) is 4.79 Å². The van der Waals surface area contributed by atoms with E-state index in [1.165, 1.54) is 7.11 Å². The predicted molar refractivity (Wildman–Crippen MR) is 50.5 cm³/mol. The minimum absolute atomic E-state index is 0.290. The fourth-order valence-corrected chi connectivity index (χ4v) is 1.06. The Labute approximate surface area is 78.7 Å². The van der Waals surface area contributed by atoms with Crippen LogP contribution in [-0.2, 0) is 4.74 Å². The number of halogens is 1. The number of hydrogen-bond donors (Lipinski definition) is 0. The van der Waals surface area contributed by atoms with Crippen LogP contribution in [0.25, 0.3) is 0 Å². The summed E-state index contributed by atoms with van der Waals surface area (Å²) in [7, 11) is 1.38. The summed E-state index contributed by atoms with van der Waals surface area (Å²) >= 11 is 2.18. The first-order valence-electron chi connectivity index (χ1n) is 3.08. The van der Waals surface area contributed by atoms with Crippen LogP contribution in [0.5, 0.6) is 0 Å². The lowest BCUT2D eigenvalue weighted by molar-refractivity contribution is 0.0600. The molecule has 0 amide bonds. The number of hydrogen-bond acceptors (Lipinski definition) is 2. The standard InChI is InChI=1S/C8H7IO2/c1-11-8(10)6-2-4-7(9)5-3-6/h2-5H,1H3/i9-4. The lowest BCUT2D eigenvalue weighted by atomic mass is 10.2. The summed E-state index contributed by atoms with van der Waals surface area (Å²) < 4.78 is 5.64. The lowest BCUT2D eigenvalue weighted by Crippen LogP contribution is -2.00. The van der Waals surface area contributed by atoms with Crippen LogP contribution in [0.1, 0.15) is 10.4 Å². The maximum absolute atomic E-state index is 10.9. The minimum atomic E-state index is -0.290. The largest absolute Gasteiger partial charge is 0.465 e. The van der Waals surface area contributed by atoms with Crippen LogP contribution in [0.4, 0.5) is 0 Å². The molecule has 0 atom stereocenters. The highest BCUT2D eigenvalue weighted by atomic mass is 123. The maximum Gasteiger partial charge on any atom is 0.337 e. The summed E-state index contributed by atoms with van der Waals surface area (Å²) in [6.45, 7) is 0. The second kappa shape index (κ2) is 3.71. The van der Waals surface area contributed by atoms with Gasteiger partial charge >= 0.3 is 5.97 Å². The van der Waals surface area contributed by atoms with E-state index in [9.17, 15) is 4.79 Å². The monoisotopic (exact) mass is 258 g/mol. The first-order valence-corrected chi connectivity index (χ1v) is 4.16. The van der Waals surface area contributed by atoms with E-state index >= 15 is 0 Å². The first-order chi connectivity index (χ1) is 5.24. The molecule has 0 fully saturated rings. The Hall–Kier alpha value is -0.580. The van der Waals surface area contributed by atoms with E-state index in [0.29, 0.717) is 5.56 Å². The molecule has 0 unspecified atom stereocenters. The van der Waals surface area contributed by atoms with Gasteiger partial charge in [-0.2, -0.15) is 0 Å². The molecular formula is C8H7IO2. The van der Waals surface area contributed by atoms with Gasteiger partial charge < -0.3 is 4.74 Å². The van der Waals surface area contributed by atoms with Crippen LogP contribution in [0.15, 0.2) is 24.3 Å². The van der Waals surface area contributed by atoms with Crippen molar-refractivity contribution in [3.05, 3.63) is 33.4 Å². The molecule has 11 heavy (non-hydrogen) atoms. The van der Waals surface area contributed by atoms with E-state index in [-0.39, 0.29) is 5.97 Å². The minimum Gasteiger partial charge on any atom is -0.465 e. The van der Waals surface area contributed by atoms with Gasteiger partial charge in [0.2, 0.25) is 0 Å². The van der Waals surface area contributed by atoms with Gasteiger partial charge in [0.1, 0.15) is 0 Å². The molecule has 0 saturated carbocycles. The molecule has 3 heteroatoms. The second-order valence-electron chi connectivity index (χ2n) is 2.00. The van der Waals surface area contributed by atoms with Crippen LogP contribution in [0, 0.1) is 3.57 Å². The van der Waals surface area contributed by atoms with Gasteiger partial charge in [0.15, 0.2) is 0 Å². The lowest BCUT2D eigenvalue weighted by Gasteiger charge is -1.97. The molecule has 0 N–H and O–H groups in total. The van der Waals surface area contributed by atoms with Gasteiger partial charge in [0, 0.05) is 3.57 Å². The van der Waals surface area contributed by atoms with Gasteiger partial charge in [-0.3, -0.25) is 0 Å². The third-order valence-corrected chi connectivity index (χ3v) is 1.98. The zero-order chi connectivity index (χ0) is 8.27. The van der Waals surface area contributed by atoms with Crippen molar-refractivity contribution in [3.63, 3.8) is 0 Å². The van der Waals surface area contributed by atoms with Crippen molar-refractivity contribution in [2.45, 2.75) is 0 Å². The first kappa shape index (κ1) is 8.52. The molecule has 0 heterocycles. The number of methoxy groups -OCH3 is 1. The van der Waals surface area contributed by atoms with Crippen LogP contribution in [-0.4, -0.2) is 13.1 Å². The highest BCUT2D eigenvalue weighted by Gasteiger charge is 2.02. The Morgan fingerprint density at radius 2 is 1.91 bits per heavy atom. The zero-order valence-electron chi connectivity index (χ0n) is 6.00. The smallest absolute Gasteiger partial charge is 0.337 e. The summed E-state index contributed by atoms with van der Waals surface area (Å²) in [5.41, 5.74) is 0.591. The van der Waals surface area contributed by atoms with E-state index < -0.39 is 0 Å². The Kier molecular flexibility index (Phi) is 2.87. The predicted octanol–water partition coefficient (Wildman–Crippen LogP) is 2.08. The number of benzene rings is 1. The molecule has 1 aromatic carbocycles. The van der Waals surface area contributed by atoms with Crippen molar-refractivity contribution in [2.75, 3.05) is 7.11 Å². The summed E-state index contributed by atoms with van der Waals surface area (Å²) in [6.07, 6.45) is 0. The van der Waals surface area contributed by atoms with Gasteiger partial charge in [0.25, 0.3) is 0 Å². The fraction of sp³-hybridized carbons (Fsp3) is 0.125. The third kappa shape index (κ3) is 2.18. The molecule has 1 aromatic rings. The zero-order valence-corrected chi connectivity index (χ0v) is 8.16. The SMILES string of the molecule is COC(=O)c1ccc([123I])cc1. The summed E-state index contributed by atoms with van der Waals surface area (Å²) in [4.78, 5) is 10.9. The quantitative estimate of drug-likeness (QED) is 0.569.